The quantitative estimate of drug-likeness (QED) is 0.646. The first kappa shape index (κ1) is 9.30. The zero-order chi connectivity index (χ0) is 9.52. The summed E-state index contributed by atoms with van der Waals surface area (Å²) < 4.78 is 0. The van der Waals surface area contributed by atoms with Crippen molar-refractivity contribution in [1.29, 1.82) is 0 Å². The normalized spacial score (nSPS) is 31.0. The van der Waals surface area contributed by atoms with Crippen LogP contribution in [0.5, 0.6) is 0 Å². The Kier molecular flexibility index (Phi) is 2.02. The van der Waals surface area contributed by atoms with Gasteiger partial charge in [-0.05, 0) is 25.2 Å². The molecule has 1 saturated carbocycles. The number of allylic oxidation sites excluding steroid dienone is 2. The average molecular weight is 170 g/mol. The van der Waals surface area contributed by atoms with Crippen LogP contribution in [0.3, 0.4) is 0 Å². The van der Waals surface area contributed by atoms with Gasteiger partial charge in [0, 0.05) is 0 Å². The van der Waals surface area contributed by atoms with Crippen LogP contribution in [-0.4, -0.2) is 11.1 Å². The highest BCUT2D eigenvalue weighted by atomic mass is 16.6. The molecule has 0 aromatic carbocycles. The van der Waals surface area contributed by atoms with Crippen LogP contribution >= 0.6 is 0 Å². The van der Waals surface area contributed by atoms with Gasteiger partial charge in [-0.3, -0.25) is 4.79 Å². The molecule has 1 N–H and O–H groups in total. The van der Waals surface area contributed by atoms with Crippen molar-refractivity contribution in [1.82, 2.24) is 0 Å². The standard InChI is InChI=1S/C10H16O2/c1-6(2)5-7-8(9(11)12)10(7,3)4/h5,7-8H,1-4H3,(H,11,12)/i9+2. The monoisotopic (exact) mass is 170 g/mol. The summed E-state index contributed by atoms with van der Waals surface area (Å²) in [6, 6.07) is 0. The van der Waals surface area contributed by atoms with Gasteiger partial charge in [0.1, 0.15) is 0 Å². The van der Waals surface area contributed by atoms with Crippen LogP contribution in [-0.2, 0) is 4.79 Å². The number of carboxylic acid groups (broad SMARTS) is 1. The first-order valence-electron chi connectivity index (χ1n) is 4.25. The number of carbonyl (C=O) groups is 1. The molecule has 0 amide bonds. The molecule has 0 aliphatic heterocycles. The minimum Gasteiger partial charge on any atom is -0.481 e. The van der Waals surface area contributed by atoms with E-state index in [1.54, 1.807) is 0 Å². The van der Waals surface area contributed by atoms with Crippen LogP contribution in [0.2, 0.25) is 0 Å². The predicted molar refractivity (Wildman–Crippen MR) is 47.8 cm³/mol. The van der Waals surface area contributed by atoms with Gasteiger partial charge < -0.3 is 5.11 Å². The molecule has 68 valence electrons. The van der Waals surface area contributed by atoms with Gasteiger partial charge in [-0.15, -0.1) is 0 Å². The topological polar surface area (TPSA) is 37.3 Å². The van der Waals surface area contributed by atoms with E-state index in [-0.39, 0.29) is 17.3 Å². The third-order valence-corrected chi connectivity index (χ3v) is 2.69. The summed E-state index contributed by atoms with van der Waals surface area (Å²) in [6.07, 6.45) is 2.07. The lowest BCUT2D eigenvalue weighted by atomic mass is 10.1. The van der Waals surface area contributed by atoms with Crippen molar-refractivity contribution in [3.05, 3.63) is 11.6 Å². The van der Waals surface area contributed by atoms with Crippen LogP contribution in [0.4, 0.5) is 0 Å². The second-order valence-electron chi connectivity index (χ2n) is 4.41. The Hall–Kier alpha value is -0.790. The highest BCUT2D eigenvalue weighted by Gasteiger charge is 2.60. The van der Waals surface area contributed by atoms with Gasteiger partial charge in [0.05, 0.1) is 5.92 Å². The number of carboxylic acids is 1. The zero-order valence-corrected chi connectivity index (χ0v) is 8.09. The number of rotatable bonds is 2. The molecule has 1 rings (SSSR count). The van der Waals surface area contributed by atoms with Crippen molar-refractivity contribution < 1.29 is 9.90 Å². The van der Waals surface area contributed by atoms with Gasteiger partial charge in [-0.1, -0.05) is 25.5 Å². The molecule has 0 aromatic rings. The summed E-state index contributed by atoms with van der Waals surface area (Å²) in [5, 5.41) is 8.84. The Balaban J connectivity index is 2.73. The highest BCUT2D eigenvalue weighted by molar-refractivity contribution is 5.76. The fourth-order valence-corrected chi connectivity index (χ4v) is 1.82. The fraction of sp³-hybridized carbons (Fsp3) is 0.700. The van der Waals surface area contributed by atoms with E-state index in [9.17, 15) is 4.79 Å². The van der Waals surface area contributed by atoms with Crippen LogP contribution in [0.15, 0.2) is 11.6 Å². The third-order valence-electron chi connectivity index (χ3n) is 2.69. The fourth-order valence-electron chi connectivity index (χ4n) is 1.82. The Morgan fingerprint density at radius 3 is 2.25 bits per heavy atom. The summed E-state index contributed by atoms with van der Waals surface area (Å²) in [4.78, 5) is 10.7. The van der Waals surface area contributed by atoms with Crippen LogP contribution in [0.1, 0.15) is 27.7 Å². The van der Waals surface area contributed by atoms with E-state index in [0.29, 0.717) is 0 Å². The summed E-state index contributed by atoms with van der Waals surface area (Å²) >= 11 is 0. The maximum Gasteiger partial charge on any atom is 0.307 e. The van der Waals surface area contributed by atoms with E-state index in [1.807, 2.05) is 27.7 Å². The third kappa shape index (κ3) is 1.38. The SMILES string of the molecule is CC(C)=CC1C([14C](=O)O)C1(C)C. The van der Waals surface area contributed by atoms with Gasteiger partial charge in [-0.25, -0.2) is 0 Å². The van der Waals surface area contributed by atoms with Crippen molar-refractivity contribution in [2.24, 2.45) is 17.3 Å². The molecule has 2 heteroatoms. The molecule has 1 aliphatic rings. The molecule has 0 radical (unpaired) electrons. The van der Waals surface area contributed by atoms with Crippen molar-refractivity contribution >= 4 is 5.97 Å². The first-order chi connectivity index (χ1) is 5.37. The van der Waals surface area contributed by atoms with Gasteiger partial charge in [-0.2, -0.15) is 0 Å². The molecule has 0 saturated heterocycles. The number of hydrogen-bond acceptors (Lipinski definition) is 1. The van der Waals surface area contributed by atoms with Gasteiger partial charge in [0.2, 0.25) is 0 Å². The zero-order valence-electron chi connectivity index (χ0n) is 8.09. The summed E-state index contributed by atoms with van der Waals surface area (Å²) in [6.45, 7) is 8.03. The molecule has 0 spiro atoms. The van der Waals surface area contributed by atoms with Gasteiger partial charge in [0.25, 0.3) is 0 Å². The van der Waals surface area contributed by atoms with Gasteiger partial charge in [0.15, 0.2) is 0 Å². The smallest absolute Gasteiger partial charge is 0.307 e. The molecule has 2 atom stereocenters. The van der Waals surface area contributed by atoms with Crippen LogP contribution < -0.4 is 0 Å². The molecule has 2 nitrogen and oxygen atoms in total. The molecule has 2 unspecified atom stereocenters. The lowest BCUT2D eigenvalue weighted by Gasteiger charge is -1.96. The molecular weight excluding hydrogens is 154 g/mol. The van der Waals surface area contributed by atoms with Crippen LogP contribution in [0, 0.1) is 17.3 Å². The van der Waals surface area contributed by atoms with Crippen molar-refractivity contribution in [3.63, 3.8) is 0 Å². The summed E-state index contributed by atoms with van der Waals surface area (Å²) in [7, 11) is 0. The largest absolute Gasteiger partial charge is 0.481 e. The Morgan fingerprint density at radius 2 is 2.00 bits per heavy atom. The van der Waals surface area contributed by atoms with E-state index in [0.717, 1.165) is 0 Å². The van der Waals surface area contributed by atoms with Crippen molar-refractivity contribution in [2.45, 2.75) is 27.7 Å². The second-order valence-corrected chi connectivity index (χ2v) is 4.41. The number of aliphatic carboxylic acids is 1. The van der Waals surface area contributed by atoms with E-state index >= 15 is 0 Å². The summed E-state index contributed by atoms with van der Waals surface area (Å²) in [5.74, 6) is -0.602. The minimum atomic E-state index is -0.664. The van der Waals surface area contributed by atoms with E-state index in [1.165, 1.54) is 5.57 Å². The van der Waals surface area contributed by atoms with Crippen molar-refractivity contribution in [3.8, 4) is 0 Å². The maximum atomic E-state index is 10.7. The Morgan fingerprint density at radius 1 is 1.50 bits per heavy atom. The van der Waals surface area contributed by atoms with Gasteiger partial charge >= 0.3 is 5.97 Å². The molecule has 0 heterocycles. The van der Waals surface area contributed by atoms with E-state index < -0.39 is 5.97 Å². The first-order valence-corrected chi connectivity index (χ1v) is 4.25. The summed E-state index contributed by atoms with van der Waals surface area (Å²) in [5.41, 5.74) is 1.17. The Bertz CT molecular complexity index is 234. The second kappa shape index (κ2) is 2.61. The molecule has 0 aromatic heterocycles. The molecule has 12 heavy (non-hydrogen) atoms. The minimum absolute atomic E-state index is 0.0386. The molecule has 1 aliphatic carbocycles. The highest BCUT2D eigenvalue weighted by Crippen LogP contribution is 2.59. The average Bonchev–Trinajstić information content (AvgIpc) is 2.32. The van der Waals surface area contributed by atoms with Crippen LogP contribution in [0.25, 0.3) is 0 Å². The molecule has 1 fully saturated rings. The maximum absolute atomic E-state index is 10.7. The van der Waals surface area contributed by atoms with E-state index in [2.05, 4.69) is 6.08 Å². The predicted octanol–water partition coefficient (Wildman–Crippen LogP) is 2.31. The lowest BCUT2D eigenvalue weighted by molar-refractivity contribution is -0.139. The Labute approximate surface area is 73.3 Å². The van der Waals surface area contributed by atoms with E-state index in [4.69, 9.17) is 5.11 Å². The molecule has 0 bridgehead atoms. The lowest BCUT2D eigenvalue weighted by Crippen LogP contribution is -2.02. The molecular formula is C10H16O2. The number of hydrogen-bond donors (Lipinski definition) is 1. The van der Waals surface area contributed by atoms with Crippen molar-refractivity contribution in [2.75, 3.05) is 0 Å².